The van der Waals surface area contributed by atoms with Crippen molar-refractivity contribution < 1.29 is 14.3 Å². The summed E-state index contributed by atoms with van der Waals surface area (Å²) in [5.74, 6) is -0.358. The standard InChI is InChI=1S/C24H25N3O3/c28-23(27-19-12-11-17-6-1-2-7-18(17)14-19)16-25-22-10-4-3-9-21(22)24(29)26-15-20-8-5-13-30-20/h1-4,6-7,9-12,14,20,25H,5,8,13,15-16H2,(H,26,29)(H,27,28)/t20-/m1/s1. The first-order valence-corrected chi connectivity index (χ1v) is 10.2. The monoisotopic (exact) mass is 403 g/mol. The third-order valence-corrected chi connectivity index (χ3v) is 5.16. The van der Waals surface area contributed by atoms with Crippen LogP contribution in [0.5, 0.6) is 0 Å². The second kappa shape index (κ2) is 9.41. The number of benzene rings is 3. The molecule has 6 nitrogen and oxygen atoms in total. The van der Waals surface area contributed by atoms with E-state index in [1.54, 1.807) is 18.2 Å². The van der Waals surface area contributed by atoms with E-state index in [0.29, 0.717) is 17.8 Å². The van der Waals surface area contributed by atoms with Crippen LogP contribution in [-0.2, 0) is 9.53 Å². The topological polar surface area (TPSA) is 79.5 Å². The van der Waals surface area contributed by atoms with Crippen LogP contribution in [0.4, 0.5) is 11.4 Å². The number of anilines is 2. The molecular formula is C24H25N3O3. The number of para-hydroxylation sites is 1. The zero-order valence-electron chi connectivity index (χ0n) is 16.7. The van der Waals surface area contributed by atoms with Crippen LogP contribution >= 0.6 is 0 Å². The lowest BCUT2D eigenvalue weighted by Gasteiger charge is -2.14. The quantitative estimate of drug-likeness (QED) is 0.561. The van der Waals surface area contributed by atoms with Crippen molar-refractivity contribution in [2.75, 3.05) is 30.3 Å². The summed E-state index contributed by atoms with van der Waals surface area (Å²) in [6.45, 7) is 1.31. The Morgan fingerprint density at radius 2 is 1.77 bits per heavy atom. The van der Waals surface area contributed by atoms with E-state index in [2.05, 4.69) is 16.0 Å². The number of nitrogens with one attached hydrogen (secondary N) is 3. The van der Waals surface area contributed by atoms with Gasteiger partial charge in [-0.1, -0.05) is 42.5 Å². The molecule has 1 fully saturated rings. The Kier molecular flexibility index (Phi) is 6.25. The summed E-state index contributed by atoms with van der Waals surface area (Å²) < 4.78 is 5.55. The predicted octanol–water partition coefficient (Wildman–Crippen LogP) is 3.80. The second-order valence-electron chi connectivity index (χ2n) is 7.35. The van der Waals surface area contributed by atoms with Crippen LogP contribution in [0.3, 0.4) is 0 Å². The van der Waals surface area contributed by atoms with Crippen molar-refractivity contribution in [3.8, 4) is 0 Å². The van der Waals surface area contributed by atoms with E-state index < -0.39 is 0 Å². The minimum Gasteiger partial charge on any atom is -0.376 e. The van der Waals surface area contributed by atoms with Crippen molar-refractivity contribution in [1.29, 1.82) is 0 Å². The number of fused-ring (bicyclic) bond motifs is 1. The van der Waals surface area contributed by atoms with Crippen molar-refractivity contribution in [1.82, 2.24) is 5.32 Å². The van der Waals surface area contributed by atoms with Gasteiger partial charge in [-0.25, -0.2) is 0 Å². The summed E-state index contributed by atoms with van der Waals surface area (Å²) >= 11 is 0. The van der Waals surface area contributed by atoms with E-state index in [-0.39, 0.29) is 24.5 Å². The van der Waals surface area contributed by atoms with E-state index in [1.807, 2.05) is 48.5 Å². The first kappa shape index (κ1) is 19.9. The van der Waals surface area contributed by atoms with E-state index in [9.17, 15) is 9.59 Å². The largest absolute Gasteiger partial charge is 0.376 e. The molecule has 0 saturated carbocycles. The lowest BCUT2D eigenvalue weighted by atomic mass is 10.1. The average Bonchev–Trinajstić information content (AvgIpc) is 3.30. The van der Waals surface area contributed by atoms with Crippen molar-refractivity contribution in [2.45, 2.75) is 18.9 Å². The molecule has 0 bridgehead atoms. The van der Waals surface area contributed by atoms with E-state index >= 15 is 0 Å². The molecular weight excluding hydrogens is 378 g/mol. The van der Waals surface area contributed by atoms with Crippen LogP contribution < -0.4 is 16.0 Å². The zero-order valence-corrected chi connectivity index (χ0v) is 16.7. The first-order chi connectivity index (χ1) is 14.7. The molecule has 0 aliphatic carbocycles. The molecule has 1 atom stereocenters. The Balaban J connectivity index is 1.34. The number of carbonyl (C=O) groups is 2. The molecule has 1 heterocycles. The summed E-state index contributed by atoms with van der Waals surface area (Å²) in [6, 6.07) is 21.0. The maximum absolute atomic E-state index is 12.6. The minimum atomic E-state index is -0.181. The molecule has 3 aromatic carbocycles. The third-order valence-electron chi connectivity index (χ3n) is 5.16. The van der Waals surface area contributed by atoms with Crippen molar-refractivity contribution >= 4 is 34.0 Å². The van der Waals surface area contributed by atoms with Crippen LogP contribution in [0.15, 0.2) is 66.7 Å². The molecule has 2 amide bonds. The number of carbonyl (C=O) groups excluding carboxylic acids is 2. The van der Waals surface area contributed by atoms with E-state index in [0.717, 1.165) is 35.9 Å². The Labute approximate surface area is 175 Å². The zero-order chi connectivity index (χ0) is 20.8. The summed E-state index contributed by atoms with van der Waals surface area (Å²) in [4.78, 5) is 25.0. The predicted molar refractivity (Wildman–Crippen MR) is 119 cm³/mol. The molecule has 3 N–H and O–H groups in total. The van der Waals surface area contributed by atoms with Crippen molar-refractivity contribution in [2.24, 2.45) is 0 Å². The molecule has 0 spiro atoms. The number of hydrogen-bond acceptors (Lipinski definition) is 4. The molecule has 1 aliphatic heterocycles. The lowest BCUT2D eigenvalue weighted by Crippen LogP contribution is -2.32. The van der Waals surface area contributed by atoms with Gasteiger partial charge in [0.05, 0.1) is 18.2 Å². The second-order valence-corrected chi connectivity index (χ2v) is 7.35. The Bertz CT molecular complexity index is 1040. The highest BCUT2D eigenvalue weighted by Gasteiger charge is 2.18. The van der Waals surface area contributed by atoms with Gasteiger partial charge >= 0.3 is 0 Å². The van der Waals surface area contributed by atoms with Gasteiger partial charge in [0.2, 0.25) is 5.91 Å². The van der Waals surface area contributed by atoms with Gasteiger partial charge in [-0.2, -0.15) is 0 Å². The molecule has 4 rings (SSSR count). The van der Waals surface area contributed by atoms with E-state index in [4.69, 9.17) is 4.74 Å². The summed E-state index contributed by atoms with van der Waals surface area (Å²) in [6.07, 6.45) is 2.09. The van der Waals surface area contributed by atoms with Crippen LogP contribution in [0.1, 0.15) is 23.2 Å². The summed E-state index contributed by atoms with van der Waals surface area (Å²) in [5.41, 5.74) is 1.87. The van der Waals surface area contributed by atoms with Gasteiger partial charge < -0.3 is 20.7 Å². The van der Waals surface area contributed by atoms with Gasteiger partial charge in [0.25, 0.3) is 5.91 Å². The third kappa shape index (κ3) is 4.96. The smallest absolute Gasteiger partial charge is 0.253 e. The molecule has 0 radical (unpaired) electrons. The normalized spacial score (nSPS) is 15.7. The highest BCUT2D eigenvalue weighted by Crippen LogP contribution is 2.19. The van der Waals surface area contributed by atoms with Gasteiger partial charge in [0, 0.05) is 24.5 Å². The first-order valence-electron chi connectivity index (χ1n) is 10.2. The van der Waals surface area contributed by atoms with Crippen LogP contribution in [0.25, 0.3) is 10.8 Å². The molecule has 30 heavy (non-hydrogen) atoms. The molecule has 154 valence electrons. The van der Waals surface area contributed by atoms with Crippen LogP contribution in [0.2, 0.25) is 0 Å². The van der Waals surface area contributed by atoms with Gasteiger partial charge in [0.15, 0.2) is 0 Å². The van der Waals surface area contributed by atoms with Crippen molar-refractivity contribution in [3.63, 3.8) is 0 Å². The molecule has 6 heteroatoms. The Morgan fingerprint density at radius 3 is 2.60 bits per heavy atom. The molecule has 0 aromatic heterocycles. The fourth-order valence-electron chi connectivity index (χ4n) is 3.59. The number of amides is 2. The average molecular weight is 403 g/mol. The maximum atomic E-state index is 12.6. The van der Waals surface area contributed by atoms with Gasteiger partial charge in [0.1, 0.15) is 0 Å². The molecule has 1 saturated heterocycles. The Hall–Kier alpha value is -3.38. The van der Waals surface area contributed by atoms with E-state index in [1.165, 1.54) is 0 Å². The van der Waals surface area contributed by atoms with Gasteiger partial charge in [-0.05, 0) is 47.9 Å². The summed E-state index contributed by atoms with van der Waals surface area (Å²) in [5, 5.41) is 11.1. The van der Waals surface area contributed by atoms with Crippen LogP contribution in [0, 0.1) is 0 Å². The highest BCUT2D eigenvalue weighted by molar-refractivity contribution is 6.01. The van der Waals surface area contributed by atoms with Gasteiger partial charge in [-0.3, -0.25) is 9.59 Å². The SMILES string of the molecule is O=C(CNc1ccccc1C(=O)NC[C@H]1CCCO1)Nc1ccc2ccccc2c1. The van der Waals surface area contributed by atoms with Crippen LogP contribution in [-0.4, -0.2) is 37.6 Å². The number of hydrogen-bond donors (Lipinski definition) is 3. The van der Waals surface area contributed by atoms with Gasteiger partial charge in [-0.15, -0.1) is 0 Å². The number of rotatable bonds is 7. The summed E-state index contributed by atoms with van der Waals surface area (Å²) in [7, 11) is 0. The fourth-order valence-corrected chi connectivity index (χ4v) is 3.59. The fraction of sp³-hybridized carbons (Fsp3) is 0.250. The lowest BCUT2D eigenvalue weighted by molar-refractivity contribution is -0.114. The minimum absolute atomic E-state index is 0.0584. The Morgan fingerprint density at radius 1 is 0.967 bits per heavy atom. The molecule has 0 unspecified atom stereocenters. The molecule has 3 aromatic rings. The molecule has 1 aliphatic rings. The van der Waals surface area contributed by atoms with Crippen molar-refractivity contribution in [3.05, 3.63) is 72.3 Å². The maximum Gasteiger partial charge on any atom is 0.253 e. The highest BCUT2D eigenvalue weighted by atomic mass is 16.5. The number of ether oxygens (including phenoxy) is 1.